The second-order valence-corrected chi connectivity index (χ2v) is 4.85. The lowest BCUT2D eigenvalue weighted by Crippen LogP contribution is -2.35. The number of hydrogen-bond donors (Lipinski definition) is 1. The molecule has 0 aromatic heterocycles. The Morgan fingerprint density at radius 2 is 2.00 bits per heavy atom. The maximum Gasteiger partial charge on any atom is 0.0127 e. The van der Waals surface area contributed by atoms with Gasteiger partial charge >= 0.3 is 0 Å². The van der Waals surface area contributed by atoms with Gasteiger partial charge in [0.1, 0.15) is 0 Å². The predicted octanol–water partition coefficient (Wildman–Crippen LogP) is 1.45. The van der Waals surface area contributed by atoms with Crippen LogP contribution in [0.25, 0.3) is 0 Å². The van der Waals surface area contributed by atoms with Gasteiger partial charge in [-0.2, -0.15) is 0 Å². The molecule has 1 aliphatic heterocycles. The summed E-state index contributed by atoms with van der Waals surface area (Å²) >= 11 is 0. The zero-order chi connectivity index (χ0) is 9.42. The molecule has 0 aromatic rings. The Kier molecular flexibility index (Phi) is 2.61. The molecule has 1 saturated carbocycles. The lowest BCUT2D eigenvalue weighted by atomic mass is 10.1. The van der Waals surface area contributed by atoms with Gasteiger partial charge in [-0.25, -0.2) is 0 Å². The van der Waals surface area contributed by atoms with Crippen LogP contribution in [0.2, 0.25) is 0 Å². The van der Waals surface area contributed by atoms with Gasteiger partial charge in [0.2, 0.25) is 0 Å². The fourth-order valence-corrected chi connectivity index (χ4v) is 2.65. The summed E-state index contributed by atoms with van der Waals surface area (Å²) in [6, 6.07) is 1.34. The molecule has 2 aliphatic rings. The molecule has 0 aromatic carbocycles. The molecule has 0 amide bonds. The summed E-state index contributed by atoms with van der Waals surface area (Å²) < 4.78 is 0. The predicted molar refractivity (Wildman–Crippen MR) is 55.5 cm³/mol. The Balaban J connectivity index is 1.71. The van der Waals surface area contributed by atoms with Crippen LogP contribution >= 0.6 is 0 Å². The average Bonchev–Trinajstić information content (AvgIpc) is 2.62. The minimum Gasteiger partial charge on any atom is -0.327 e. The van der Waals surface area contributed by atoms with E-state index in [2.05, 4.69) is 18.7 Å². The molecular weight excluding hydrogens is 160 g/mol. The zero-order valence-corrected chi connectivity index (χ0v) is 8.87. The smallest absolute Gasteiger partial charge is 0.0127 e. The monoisotopic (exact) mass is 182 g/mol. The molecule has 76 valence electrons. The number of fused-ring (bicyclic) bond motifs is 1. The first-order valence-corrected chi connectivity index (χ1v) is 5.73. The largest absolute Gasteiger partial charge is 0.327 e. The third-order valence-corrected chi connectivity index (χ3v) is 3.89. The van der Waals surface area contributed by atoms with Gasteiger partial charge in [0.15, 0.2) is 0 Å². The van der Waals surface area contributed by atoms with Crippen molar-refractivity contribution in [2.45, 2.75) is 45.2 Å². The maximum atomic E-state index is 5.91. The Bertz CT molecular complexity index is 169. The van der Waals surface area contributed by atoms with Crippen molar-refractivity contribution < 1.29 is 0 Å². The second-order valence-electron chi connectivity index (χ2n) is 4.85. The Labute approximate surface area is 81.5 Å². The number of likely N-dealkylation sites (tertiary alicyclic amines) is 1. The molecule has 0 bridgehead atoms. The minimum atomic E-state index is 0.551. The highest BCUT2D eigenvalue weighted by molar-refractivity contribution is 5.09. The van der Waals surface area contributed by atoms with Crippen LogP contribution in [0.5, 0.6) is 0 Å². The van der Waals surface area contributed by atoms with E-state index >= 15 is 0 Å². The fraction of sp³-hybridized carbons (Fsp3) is 1.00. The third-order valence-electron chi connectivity index (χ3n) is 3.89. The maximum absolute atomic E-state index is 5.91. The summed E-state index contributed by atoms with van der Waals surface area (Å²) in [7, 11) is 0. The van der Waals surface area contributed by atoms with E-state index in [-0.39, 0.29) is 0 Å². The van der Waals surface area contributed by atoms with Crippen molar-refractivity contribution in [3.8, 4) is 0 Å². The quantitative estimate of drug-likeness (QED) is 0.713. The van der Waals surface area contributed by atoms with E-state index in [1.54, 1.807) is 0 Å². The van der Waals surface area contributed by atoms with Crippen LogP contribution in [0.3, 0.4) is 0 Å². The van der Waals surface area contributed by atoms with Crippen molar-refractivity contribution in [1.82, 2.24) is 4.90 Å². The number of hydrogen-bond acceptors (Lipinski definition) is 2. The first kappa shape index (κ1) is 9.47. The SMILES string of the molecule is CCCCC(C)N1C[C@@H]2[C@@H](N)[C@@H]2C1. The van der Waals surface area contributed by atoms with Crippen molar-refractivity contribution >= 4 is 0 Å². The van der Waals surface area contributed by atoms with E-state index in [0.29, 0.717) is 6.04 Å². The van der Waals surface area contributed by atoms with Crippen molar-refractivity contribution in [2.24, 2.45) is 17.6 Å². The summed E-state index contributed by atoms with van der Waals surface area (Å²) in [6.45, 7) is 7.18. The van der Waals surface area contributed by atoms with Crippen LogP contribution in [0.1, 0.15) is 33.1 Å². The Morgan fingerprint density at radius 3 is 2.54 bits per heavy atom. The molecule has 2 nitrogen and oxygen atoms in total. The van der Waals surface area contributed by atoms with E-state index in [1.807, 2.05) is 0 Å². The molecule has 2 fully saturated rings. The number of nitrogens with zero attached hydrogens (tertiary/aromatic N) is 1. The van der Waals surface area contributed by atoms with Gasteiger partial charge in [-0.15, -0.1) is 0 Å². The van der Waals surface area contributed by atoms with Crippen LogP contribution in [0, 0.1) is 11.8 Å². The lowest BCUT2D eigenvalue weighted by molar-refractivity contribution is 0.216. The highest BCUT2D eigenvalue weighted by atomic mass is 15.2. The standard InChI is InChI=1S/C11H22N2/c1-3-4-5-8(2)13-6-9-10(7-13)11(9)12/h8-11H,3-7,12H2,1-2H3/t8?,9-,10+,11+. The number of piperidine rings is 1. The Hall–Kier alpha value is -0.0800. The first-order valence-electron chi connectivity index (χ1n) is 5.73. The van der Waals surface area contributed by atoms with Gasteiger partial charge in [-0.05, 0) is 25.2 Å². The second kappa shape index (κ2) is 3.58. The highest BCUT2D eigenvalue weighted by Crippen LogP contribution is 2.44. The molecule has 4 atom stereocenters. The summed E-state index contributed by atoms with van der Waals surface area (Å²) in [5, 5.41) is 0. The molecule has 2 heteroatoms. The molecule has 13 heavy (non-hydrogen) atoms. The molecule has 1 unspecified atom stereocenters. The van der Waals surface area contributed by atoms with Gasteiger partial charge in [-0.1, -0.05) is 19.8 Å². The van der Waals surface area contributed by atoms with Crippen molar-refractivity contribution in [1.29, 1.82) is 0 Å². The molecular formula is C11H22N2. The summed E-state index contributed by atoms with van der Waals surface area (Å²) in [5.74, 6) is 1.70. The summed E-state index contributed by atoms with van der Waals surface area (Å²) in [4.78, 5) is 2.63. The molecule has 0 radical (unpaired) electrons. The van der Waals surface area contributed by atoms with Crippen LogP contribution < -0.4 is 5.73 Å². The van der Waals surface area contributed by atoms with Crippen LogP contribution in [-0.2, 0) is 0 Å². The average molecular weight is 182 g/mol. The third kappa shape index (κ3) is 1.75. The van der Waals surface area contributed by atoms with Crippen molar-refractivity contribution in [3.63, 3.8) is 0 Å². The first-order chi connectivity index (χ1) is 6.24. The molecule has 0 spiro atoms. The highest BCUT2D eigenvalue weighted by Gasteiger charge is 2.53. The summed E-state index contributed by atoms with van der Waals surface area (Å²) in [6.07, 6.45) is 4.06. The minimum absolute atomic E-state index is 0.551. The van der Waals surface area contributed by atoms with Gasteiger partial charge in [0.25, 0.3) is 0 Å². The van der Waals surface area contributed by atoms with E-state index in [9.17, 15) is 0 Å². The normalized spacial score (nSPS) is 40.4. The van der Waals surface area contributed by atoms with Crippen LogP contribution in [0.15, 0.2) is 0 Å². The van der Waals surface area contributed by atoms with Crippen molar-refractivity contribution in [2.75, 3.05) is 13.1 Å². The summed E-state index contributed by atoms with van der Waals surface area (Å²) in [5.41, 5.74) is 5.91. The molecule has 2 N–H and O–H groups in total. The number of nitrogens with two attached hydrogens (primary N) is 1. The topological polar surface area (TPSA) is 29.3 Å². The fourth-order valence-electron chi connectivity index (χ4n) is 2.65. The molecule has 1 saturated heterocycles. The van der Waals surface area contributed by atoms with Gasteiger partial charge in [0.05, 0.1) is 0 Å². The Morgan fingerprint density at radius 1 is 1.38 bits per heavy atom. The van der Waals surface area contributed by atoms with E-state index in [0.717, 1.165) is 17.9 Å². The van der Waals surface area contributed by atoms with Crippen LogP contribution in [0.4, 0.5) is 0 Å². The van der Waals surface area contributed by atoms with Crippen LogP contribution in [-0.4, -0.2) is 30.1 Å². The molecule has 2 rings (SSSR count). The lowest BCUT2D eigenvalue weighted by Gasteiger charge is -2.26. The molecule has 1 heterocycles. The van der Waals surface area contributed by atoms with E-state index < -0.39 is 0 Å². The number of unbranched alkanes of at least 4 members (excludes halogenated alkanes) is 1. The van der Waals surface area contributed by atoms with Gasteiger partial charge in [0, 0.05) is 25.2 Å². The molecule has 1 aliphatic carbocycles. The zero-order valence-electron chi connectivity index (χ0n) is 8.87. The number of rotatable bonds is 4. The van der Waals surface area contributed by atoms with Gasteiger partial charge < -0.3 is 5.73 Å². The van der Waals surface area contributed by atoms with Gasteiger partial charge in [-0.3, -0.25) is 4.90 Å². The van der Waals surface area contributed by atoms with Crippen molar-refractivity contribution in [3.05, 3.63) is 0 Å². The van der Waals surface area contributed by atoms with E-state index in [4.69, 9.17) is 5.73 Å². The van der Waals surface area contributed by atoms with E-state index in [1.165, 1.54) is 32.4 Å².